The van der Waals surface area contributed by atoms with E-state index >= 15 is 0 Å². The van der Waals surface area contributed by atoms with Crippen LogP contribution < -0.4 is 5.32 Å². The van der Waals surface area contributed by atoms with Gasteiger partial charge in [-0.05, 0) is 12.8 Å². The third-order valence-electron chi connectivity index (χ3n) is 2.08. The van der Waals surface area contributed by atoms with Crippen LogP contribution in [0.4, 0.5) is 13.2 Å². The number of halogens is 3. The lowest BCUT2D eigenvalue weighted by atomic mass is 10.1. The van der Waals surface area contributed by atoms with Crippen LogP contribution in [0.2, 0.25) is 0 Å². The molecule has 1 amide bonds. The fourth-order valence-corrected chi connectivity index (χ4v) is 1.06. The lowest BCUT2D eigenvalue weighted by Crippen LogP contribution is -2.41. The van der Waals surface area contributed by atoms with E-state index < -0.39 is 17.5 Å². The molecular formula is C8H8F3NO. The van der Waals surface area contributed by atoms with Gasteiger partial charge in [-0.2, -0.15) is 13.2 Å². The molecule has 0 bridgehead atoms. The van der Waals surface area contributed by atoms with Gasteiger partial charge in [0.2, 0.25) is 5.91 Å². The number of hydrogen-bond donors (Lipinski definition) is 1. The summed E-state index contributed by atoms with van der Waals surface area (Å²) in [6, 6.07) is 0. The summed E-state index contributed by atoms with van der Waals surface area (Å²) in [5, 5.41) is 2.05. The quantitative estimate of drug-likeness (QED) is 0.650. The van der Waals surface area contributed by atoms with E-state index in [1.165, 1.54) is 0 Å². The molecule has 0 aromatic heterocycles. The maximum atomic E-state index is 12.3. The highest BCUT2D eigenvalue weighted by atomic mass is 19.4. The van der Waals surface area contributed by atoms with Crippen molar-refractivity contribution in [1.29, 1.82) is 0 Å². The summed E-state index contributed by atoms with van der Waals surface area (Å²) in [4.78, 5) is 11.0. The van der Waals surface area contributed by atoms with Gasteiger partial charge in [-0.3, -0.25) is 4.79 Å². The smallest absolute Gasteiger partial charge is 0.344 e. The molecule has 2 nitrogen and oxygen atoms in total. The van der Waals surface area contributed by atoms with E-state index in [-0.39, 0.29) is 19.4 Å². The maximum absolute atomic E-state index is 12.3. The predicted molar refractivity (Wildman–Crippen MR) is 39.6 cm³/mol. The fraction of sp³-hybridized carbons (Fsp3) is 0.625. The number of alkyl halides is 3. The van der Waals surface area contributed by atoms with Gasteiger partial charge in [0, 0.05) is 0 Å². The number of nitrogens with one attached hydrogen (secondary N) is 1. The molecule has 1 rings (SSSR count). The normalized spacial score (nSPS) is 18.9. The minimum Gasteiger partial charge on any atom is -0.344 e. The van der Waals surface area contributed by atoms with Crippen LogP contribution in [0.25, 0.3) is 0 Å². The second kappa shape index (κ2) is 2.95. The van der Waals surface area contributed by atoms with Crippen molar-refractivity contribution in [2.24, 2.45) is 5.41 Å². The Hall–Kier alpha value is -1.18. The van der Waals surface area contributed by atoms with Crippen LogP contribution in [0.15, 0.2) is 0 Å². The molecule has 0 aromatic carbocycles. The van der Waals surface area contributed by atoms with Crippen molar-refractivity contribution in [1.82, 2.24) is 5.32 Å². The Balaban J connectivity index is 2.62. The lowest BCUT2D eigenvalue weighted by molar-refractivity contribution is -0.192. The maximum Gasteiger partial charge on any atom is 0.403 e. The number of carbonyl (C=O) groups is 1. The molecule has 0 spiro atoms. The summed E-state index contributed by atoms with van der Waals surface area (Å²) >= 11 is 0. The van der Waals surface area contributed by atoms with E-state index in [1.807, 2.05) is 5.32 Å². The average molecular weight is 191 g/mol. The Bertz CT molecular complexity index is 260. The van der Waals surface area contributed by atoms with Gasteiger partial charge in [0.25, 0.3) is 0 Å². The van der Waals surface area contributed by atoms with E-state index in [4.69, 9.17) is 6.42 Å². The molecule has 0 heterocycles. The van der Waals surface area contributed by atoms with Crippen LogP contribution in [-0.4, -0.2) is 18.6 Å². The van der Waals surface area contributed by atoms with Gasteiger partial charge in [-0.15, -0.1) is 6.42 Å². The van der Waals surface area contributed by atoms with Crippen LogP contribution in [0.1, 0.15) is 12.8 Å². The topological polar surface area (TPSA) is 29.1 Å². The third kappa shape index (κ3) is 1.62. The van der Waals surface area contributed by atoms with Gasteiger partial charge in [0.15, 0.2) is 0 Å². The highest BCUT2D eigenvalue weighted by Crippen LogP contribution is 2.57. The van der Waals surface area contributed by atoms with Crippen molar-refractivity contribution in [3.05, 3.63) is 0 Å². The number of carbonyl (C=O) groups excluding carboxylic acids is 1. The Labute approximate surface area is 73.5 Å². The fourth-order valence-electron chi connectivity index (χ4n) is 1.06. The molecule has 0 radical (unpaired) electrons. The highest BCUT2D eigenvalue weighted by molar-refractivity contribution is 5.86. The Morgan fingerprint density at radius 1 is 1.54 bits per heavy atom. The first-order valence-electron chi connectivity index (χ1n) is 3.72. The SMILES string of the molecule is C#CCNC(=O)C1(C(F)(F)F)CC1. The zero-order chi connectivity index (χ0) is 10.1. The first-order valence-corrected chi connectivity index (χ1v) is 3.72. The minimum atomic E-state index is -4.45. The van der Waals surface area contributed by atoms with Crippen molar-refractivity contribution < 1.29 is 18.0 Å². The molecule has 0 atom stereocenters. The molecule has 1 fully saturated rings. The van der Waals surface area contributed by atoms with Crippen molar-refractivity contribution >= 4 is 5.91 Å². The van der Waals surface area contributed by atoms with E-state index in [2.05, 4.69) is 5.92 Å². The van der Waals surface area contributed by atoms with Crippen molar-refractivity contribution in [3.63, 3.8) is 0 Å². The monoisotopic (exact) mass is 191 g/mol. The Morgan fingerprint density at radius 3 is 2.38 bits per heavy atom. The van der Waals surface area contributed by atoms with Crippen LogP contribution in [0.3, 0.4) is 0 Å². The molecule has 1 aliphatic carbocycles. The number of rotatable bonds is 2. The second-order valence-corrected chi connectivity index (χ2v) is 2.97. The van der Waals surface area contributed by atoms with Crippen molar-refractivity contribution in [3.8, 4) is 12.3 Å². The lowest BCUT2D eigenvalue weighted by Gasteiger charge is -2.17. The van der Waals surface area contributed by atoms with E-state index in [9.17, 15) is 18.0 Å². The molecule has 1 N–H and O–H groups in total. The molecule has 0 saturated heterocycles. The van der Waals surface area contributed by atoms with E-state index in [0.717, 1.165) is 0 Å². The Morgan fingerprint density at radius 2 is 2.08 bits per heavy atom. The average Bonchev–Trinajstić information content (AvgIpc) is 2.78. The Kier molecular flexibility index (Phi) is 2.24. The number of terminal acetylenes is 1. The molecular weight excluding hydrogens is 183 g/mol. The van der Waals surface area contributed by atoms with Gasteiger partial charge in [-0.1, -0.05) is 5.92 Å². The van der Waals surface area contributed by atoms with Gasteiger partial charge in [0.1, 0.15) is 5.41 Å². The first-order chi connectivity index (χ1) is 5.94. The second-order valence-electron chi connectivity index (χ2n) is 2.97. The number of amides is 1. The van der Waals surface area contributed by atoms with Crippen molar-refractivity contribution in [2.45, 2.75) is 19.0 Å². The standard InChI is InChI=1S/C8H8F3NO/c1-2-5-12-6(13)7(3-4-7)8(9,10)11/h1H,3-5H2,(H,12,13). The predicted octanol–water partition coefficient (Wildman–Crippen LogP) is 1.08. The van der Waals surface area contributed by atoms with E-state index in [1.54, 1.807) is 0 Å². The molecule has 1 saturated carbocycles. The molecule has 0 unspecified atom stereocenters. The zero-order valence-corrected chi connectivity index (χ0v) is 6.74. The van der Waals surface area contributed by atoms with Crippen LogP contribution in [0, 0.1) is 17.8 Å². The van der Waals surface area contributed by atoms with Gasteiger partial charge < -0.3 is 5.32 Å². The molecule has 0 aliphatic heterocycles. The molecule has 72 valence electrons. The summed E-state index contributed by atoms with van der Waals surface area (Å²) in [6.07, 6.45) is 0.0868. The minimum absolute atomic E-state index is 0.132. The third-order valence-corrected chi connectivity index (χ3v) is 2.08. The molecule has 5 heteroatoms. The van der Waals surface area contributed by atoms with Crippen LogP contribution in [-0.2, 0) is 4.79 Å². The summed E-state index contributed by atoms with van der Waals surface area (Å²) in [7, 11) is 0. The van der Waals surface area contributed by atoms with Gasteiger partial charge in [-0.25, -0.2) is 0 Å². The molecule has 1 aliphatic rings. The van der Waals surface area contributed by atoms with Crippen LogP contribution >= 0.6 is 0 Å². The first kappa shape index (κ1) is 9.90. The molecule has 0 aromatic rings. The van der Waals surface area contributed by atoms with Crippen molar-refractivity contribution in [2.75, 3.05) is 6.54 Å². The zero-order valence-electron chi connectivity index (χ0n) is 6.74. The number of hydrogen-bond acceptors (Lipinski definition) is 1. The van der Waals surface area contributed by atoms with E-state index in [0.29, 0.717) is 0 Å². The largest absolute Gasteiger partial charge is 0.403 e. The highest BCUT2D eigenvalue weighted by Gasteiger charge is 2.68. The summed E-state index contributed by atoms with van der Waals surface area (Å²) in [6.45, 7) is -0.156. The summed E-state index contributed by atoms with van der Waals surface area (Å²) in [5.74, 6) is 1.05. The summed E-state index contributed by atoms with van der Waals surface area (Å²) in [5.41, 5.74) is -2.15. The summed E-state index contributed by atoms with van der Waals surface area (Å²) < 4.78 is 36.8. The molecule has 13 heavy (non-hydrogen) atoms. The van der Waals surface area contributed by atoms with Gasteiger partial charge >= 0.3 is 6.18 Å². The van der Waals surface area contributed by atoms with Gasteiger partial charge in [0.05, 0.1) is 6.54 Å². The van der Waals surface area contributed by atoms with Crippen LogP contribution in [0.5, 0.6) is 0 Å².